The number of carbonyl (C=O) groups is 2. The van der Waals surface area contributed by atoms with E-state index in [1.807, 2.05) is 60.7 Å². The van der Waals surface area contributed by atoms with Crippen LogP contribution in [0.25, 0.3) is 0 Å². The van der Waals surface area contributed by atoms with Crippen molar-refractivity contribution in [2.45, 2.75) is 12.3 Å². The van der Waals surface area contributed by atoms with Crippen LogP contribution in [-0.4, -0.2) is 37.7 Å². The van der Waals surface area contributed by atoms with Crippen molar-refractivity contribution in [1.29, 1.82) is 0 Å². The zero-order valence-electron chi connectivity index (χ0n) is 14.3. The number of carbonyl (C=O) groups excluding carboxylic acids is 2. The van der Waals surface area contributed by atoms with Crippen molar-refractivity contribution < 1.29 is 27.5 Å². The smallest absolute Gasteiger partial charge is 0.359 e. The van der Waals surface area contributed by atoms with Crippen LogP contribution in [0.15, 0.2) is 60.7 Å². The topological polar surface area (TPSA) is 67.4 Å². The van der Waals surface area contributed by atoms with Gasteiger partial charge < -0.3 is 15.4 Å². The van der Waals surface area contributed by atoms with E-state index in [9.17, 15) is 22.8 Å². The molecule has 0 aliphatic rings. The average molecular weight is 380 g/mol. The van der Waals surface area contributed by atoms with Crippen molar-refractivity contribution in [3.63, 3.8) is 0 Å². The molecular weight excluding hydrogens is 361 g/mol. The Labute approximate surface area is 154 Å². The molecule has 0 saturated carbocycles. The molecule has 0 saturated heterocycles. The SMILES string of the molecule is O=C(CNC(=O)COC(c1ccccc1)c1ccccc1)NCC(F)(F)F. The van der Waals surface area contributed by atoms with Gasteiger partial charge in [0.15, 0.2) is 0 Å². The maximum Gasteiger partial charge on any atom is 0.405 e. The Kier molecular flexibility index (Phi) is 7.36. The first-order valence-corrected chi connectivity index (χ1v) is 8.17. The fourth-order valence-corrected chi connectivity index (χ4v) is 2.29. The number of halogens is 3. The molecule has 0 fully saturated rings. The van der Waals surface area contributed by atoms with Gasteiger partial charge in [0.05, 0.1) is 6.54 Å². The second kappa shape index (κ2) is 9.72. The van der Waals surface area contributed by atoms with E-state index in [1.165, 1.54) is 0 Å². The highest BCUT2D eigenvalue weighted by atomic mass is 19.4. The van der Waals surface area contributed by atoms with Crippen LogP contribution in [0.3, 0.4) is 0 Å². The zero-order chi connectivity index (χ0) is 19.7. The van der Waals surface area contributed by atoms with Gasteiger partial charge in [-0.15, -0.1) is 0 Å². The molecule has 8 heteroatoms. The number of alkyl halides is 3. The van der Waals surface area contributed by atoms with Crippen LogP contribution >= 0.6 is 0 Å². The lowest BCUT2D eigenvalue weighted by Crippen LogP contribution is -2.41. The van der Waals surface area contributed by atoms with E-state index in [-0.39, 0.29) is 6.61 Å². The number of hydrogen-bond acceptors (Lipinski definition) is 3. The molecule has 0 radical (unpaired) electrons. The summed E-state index contributed by atoms with van der Waals surface area (Å²) in [4.78, 5) is 23.2. The minimum atomic E-state index is -4.50. The molecule has 5 nitrogen and oxygen atoms in total. The lowest BCUT2D eigenvalue weighted by molar-refractivity contribution is -0.138. The molecular formula is C19H19F3N2O3. The van der Waals surface area contributed by atoms with Crippen LogP contribution < -0.4 is 10.6 Å². The van der Waals surface area contributed by atoms with Gasteiger partial charge in [-0.1, -0.05) is 60.7 Å². The van der Waals surface area contributed by atoms with Gasteiger partial charge >= 0.3 is 6.18 Å². The van der Waals surface area contributed by atoms with E-state index < -0.39 is 37.2 Å². The standard InChI is InChI=1S/C19H19F3N2O3/c20-19(21,22)13-24-16(25)11-23-17(26)12-27-18(14-7-3-1-4-8-14)15-9-5-2-6-10-15/h1-10,18H,11-13H2,(H,23,26)(H,24,25). The van der Waals surface area contributed by atoms with E-state index in [2.05, 4.69) is 5.32 Å². The Bertz CT molecular complexity index is 697. The number of amides is 2. The quantitative estimate of drug-likeness (QED) is 0.740. The normalized spacial score (nSPS) is 11.3. The predicted octanol–water partition coefficient (Wildman–Crippen LogP) is 2.59. The van der Waals surface area contributed by atoms with Crippen molar-refractivity contribution in [1.82, 2.24) is 10.6 Å². The summed E-state index contributed by atoms with van der Waals surface area (Å²) >= 11 is 0. The van der Waals surface area contributed by atoms with Gasteiger partial charge in [0.2, 0.25) is 11.8 Å². The summed E-state index contributed by atoms with van der Waals surface area (Å²) in [7, 11) is 0. The molecule has 0 unspecified atom stereocenters. The fraction of sp³-hybridized carbons (Fsp3) is 0.263. The summed E-state index contributed by atoms with van der Waals surface area (Å²) in [6, 6.07) is 18.6. The van der Waals surface area contributed by atoms with Crippen LogP contribution in [0.5, 0.6) is 0 Å². The van der Waals surface area contributed by atoms with Gasteiger partial charge in [0.25, 0.3) is 0 Å². The van der Waals surface area contributed by atoms with E-state index in [1.54, 1.807) is 5.32 Å². The summed E-state index contributed by atoms with van der Waals surface area (Å²) in [6.07, 6.45) is -4.99. The summed E-state index contributed by atoms with van der Waals surface area (Å²) in [6.45, 7) is -2.34. The lowest BCUT2D eigenvalue weighted by Gasteiger charge is -2.18. The van der Waals surface area contributed by atoms with E-state index >= 15 is 0 Å². The van der Waals surface area contributed by atoms with Crippen molar-refractivity contribution >= 4 is 11.8 Å². The van der Waals surface area contributed by atoms with Gasteiger partial charge in [0, 0.05) is 0 Å². The second-order valence-corrected chi connectivity index (χ2v) is 5.68. The number of hydrogen-bond donors (Lipinski definition) is 2. The van der Waals surface area contributed by atoms with Gasteiger partial charge in [-0.3, -0.25) is 9.59 Å². The third-order valence-corrected chi connectivity index (χ3v) is 3.52. The van der Waals surface area contributed by atoms with Crippen molar-refractivity contribution in [2.24, 2.45) is 0 Å². The number of nitrogens with one attached hydrogen (secondary N) is 2. The van der Waals surface area contributed by atoms with E-state index in [0.29, 0.717) is 0 Å². The minimum absolute atomic E-state index is 0.346. The van der Waals surface area contributed by atoms with E-state index in [4.69, 9.17) is 4.74 Å². The molecule has 0 atom stereocenters. The van der Waals surface area contributed by atoms with Crippen molar-refractivity contribution in [2.75, 3.05) is 19.7 Å². The molecule has 0 aliphatic carbocycles. The third kappa shape index (κ3) is 7.49. The Morgan fingerprint density at radius 1 is 0.852 bits per heavy atom. The summed E-state index contributed by atoms with van der Waals surface area (Å²) < 4.78 is 41.8. The van der Waals surface area contributed by atoms with Crippen LogP contribution in [0.4, 0.5) is 13.2 Å². The van der Waals surface area contributed by atoms with Crippen LogP contribution in [0, 0.1) is 0 Å². The molecule has 27 heavy (non-hydrogen) atoms. The highest BCUT2D eigenvalue weighted by Crippen LogP contribution is 2.25. The largest absolute Gasteiger partial charge is 0.405 e. The van der Waals surface area contributed by atoms with Crippen LogP contribution in [0.2, 0.25) is 0 Å². The number of benzene rings is 2. The first-order valence-electron chi connectivity index (χ1n) is 8.17. The van der Waals surface area contributed by atoms with Crippen LogP contribution in [0.1, 0.15) is 17.2 Å². The average Bonchev–Trinajstić information content (AvgIpc) is 2.66. The maximum absolute atomic E-state index is 12.0. The molecule has 0 spiro atoms. The van der Waals surface area contributed by atoms with Crippen LogP contribution in [-0.2, 0) is 14.3 Å². The summed E-state index contributed by atoms with van der Waals surface area (Å²) in [5, 5.41) is 3.91. The van der Waals surface area contributed by atoms with E-state index in [0.717, 1.165) is 11.1 Å². The monoisotopic (exact) mass is 380 g/mol. The number of ether oxygens (including phenoxy) is 1. The molecule has 2 aromatic carbocycles. The van der Waals surface area contributed by atoms with Crippen molar-refractivity contribution in [3.05, 3.63) is 71.8 Å². The molecule has 2 aromatic rings. The number of rotatable bonds is 8. The highest BCUT2D eigenvalue weighted by molar-refractivity contribution is 5.85. The molecule has 2 amide bonds. The Hall–Kier alpha value is -2.87. The lowest BCUT2D eigenvalue weighted by atomic mass is 10.0. The maximum atomic E-state index is 12.0. The minimum Gasteiger partial charge on any atom is -0.359 e. The fourth-order valence-electron chi connectivity index (χ4n) is 2.29. The summed E-state index contributed by atoms with van der Waals surface area (Å²) in [5.74, 6) is -1.53. The first kappa shape index (κ1) is 20.4. The molecule has 0 aromatic heterocycles. The Balaban J connectivity index is 1.88. The van der Waals surface area contributed by atoms with Crippen molar-refractivity contribution in [3.8, 4) is 0 Å². The highest BCUT2D eigenvalue weighted by Gasteiger charge is 2.27. The zero-order valence-corrected chi connectivity index (χ0v) is 14.3. The second-order valence-electron chi connectivity index (χ2n) is 5.68. The molecule has 144 valence electrons. The summed E-state index contributed by atoms with van der Waals surface area (Å²) in [5.41, 5.74) is 1.69. The molecule has 0 aliphatic heterocycles. The van der Waals surface area contributed by atoms with Gasteiger partial charge in [-0.05, 0) is 11.1 Å². The molecule has 0 bridgehead atoms. The molecule has 2 N–H and O–H groups in total. The molecule has 2 rings (SSSR count). The predicted molar refractivity (Wildman–Crippen MR) is 92.8 cm³/mol. The Morgan fingerprint density at radius 2 is 1.37 bits per heavy atom. The van der Waals surface area contributed by atoms with Gasteiger partial charge in [-0.2, -0.15) is 13.2 Å². The first-order chi connectivity index (χ1) is 12.8. The Morgan fingerprint density at radius 3 is 1.85 bits per heavy atom. The van der Waals surface area contributed by atoms with Gasteiger partial charge in [0.1, 0.15) is 19.3 Å². The van der Waals surface area contributed by atoms with Gasteiger partial charge in [-0.25, -0.2) is 0 Å². The molecule has 0 heterocycles. The third-order valence-electron chi connectivity index (χ3n) is 3.52.